The van der Waals surface area contributed by atoms with Crippen molar-refractivity contribution in [1.82, 2.24) is 0 Å². The highest BCUT2D eigenvalue weighted by Crippen LogP contribution is 2.68. The fraction of sp³-hybridized carbons (Fsp3) is 0.893. The summed E-state index contributed by atoms with van der Waals surface area (Å²) in [7, 11) is 0. The van der Waals surface area contributed by atoms with Crippen molar-refractivity contribution in [3.8, 4) is 0 Å². The minimum absolute atomic E-state index is 0.0734. The lowest BCUT2D eigenvalue weighted by atomic mass is 9.42. The number of fused-ring (bicyclic) bond motifs is 5. The monoisotopic (exact) mass is 446 g/mol. The topological polar surface area (TPSA) is 77.8 Å². The number of rotatable bonds is 5. The van der Waals surface area contributed by atoms with Crippen LogP contribution in [-0.4, -0.2) is 38.9 Å². The molecule has 4 aliphatic carbocycles. The number of carbonyl (C=O) groups is 1. The summed E-state index contributed by atoms with van der Waals surface area (Å²) in [5.74, 6) is 2.55. The van der Waals surface area contributed by atoms with Crippen molar-refractivity contribution in [3.63, 3.8) is 0 Å². The van der Waals surface area contributed by atoms with Gasteiger partial charge in [0.1, 0.15) is 5.60 Å². The summed E-state index contributed by atoms with van der Waals surface area (Å²) in [6, 6.07) is 0. The number of aliphatic hydroxyl groups excluding tert-OH is 2. The number of hydrogen-bond acceptors (Lipinski definition) is 4. The van der Waals surface area contributed by atoms with Gasteiger partial charge in [-0.3, -0.25) is 4.79 Å². The largest absolute Gasteiger partial charge is 0.393 e. The third-order valence-electron chi connectivity index (χ3n) is 11.2. The number of carbonyl (C=O) groups excluding carboxylic acids is 1. The van der Waals surface area contributed by atoms with Gasteiger partial charge in [-0.1, -0.05) is 46.8 Å². The molecule has 0 radical (unpaired) electrons. The Kier molecular flexibility index (Phi) is 6.26. The minimum Gasteiger partial charge on any atom is -0.393 e. The zero-order chi connectivity index (χ0) is 23.6. The summed E-state index contributed by atoms with van der Waals surface area (Å²) in [6.45, 7) is 15.5. The van der Waals surface area contributed by atoms with E-state index in [2.05, 4.69) is 34.3 Å². The standard InChI is InChI=1S/C28H46O4/c1-16(2)17(3)7-8-18(4)21-9-10-22-20-14-25(31)28(32)15-19(29)13-24(30)27(28,6)23(20)11-12-26(21,22)5/h16,18-24,29-30,32H,3,7-15H2,1-2,4-6H3/t18-,19?,20?,21?,22?,23?,24+,26?,27?,28+/m1/s1. The molecule has 182 valence electrons. The van der Waals surface area contributed by atoms with Gasteiger partial charge >= 0.3 is 0 Å². The van der Waals surface area contributed by atoms with E-state index >= 15 is 0 Å². The normalized spacial score (nSPS) is 49.3. The molecule has 0 bridgehead atoms. The molecule has 0 amide bonds. The Balaban J connectivity index is 1.57. The van der Waals surface area contributed by atoms with Crippen LogP contribution in [0.2, 0.25) is 0 Å². The average molecular weight is 447 g/mol. The molecule has 10 atom stereocenters. The summed E-state index contributed by atoms with van der Waals surface area (Å²) in [5, 5.41) is 32.9. The molecule has 0 aromatic heterocycles. The van der Waals surface area contributed by atoms with Crippen LogP contribution < -0.4 is 0 Å². The second-order valence-electron chi connectivity index (χ2n) is 12.8. The molecule has 4 nitrogen and oxygen atoms in total. The van der Waals surface area contributed by atoms with Gasteiger partial charge in [0.15, 0.2) is 5.78 Å². The maximum atomic E-state index is 13.4. The molecule has 32 heavy (non-hydrogen) atoms. The zero-order valence-electron chi connectivity index (χ0n) is 20.9. The van der Waals surface area contributed by atoms with Crippen LogP contribution in [0.4, 0.5) is 0 Å². The van der Waals surface area contributed by atoms with Crippen molar-refractivity contribution in [1.29, 1.82) is 0 Å². The van der Waals surface area contributed by atoms with E-state index in [0.29, 0.717) is 30.1 Å². The quantitative estimate of drug-likeness (QED) is 0.525. The SMILES string of the molecule is C=C(CC[C@@H](C)C1CCC2C3CC(=O)[C@@]4(O)CC(O)C[C@H](O)C4(C)C3CCC21C)C(C)C. The van der Waals surface area contributed by atoms with Gasteiger partial charge in [-0.2, -0.15) is 0 Å². The predicted octanol–water partition coefficient (Wildman–Crippen LogP) is 4.90. The van der Waals surface area contributed by atoms with E-state index in [9.17, 15) is 20.1 Å². The highest BCUT2D eigenvalue weighted by atomic mass is 16.3. The first-order chi connectivity index (χ1) is 14.9. The van der Waals surface area contributed by atoms with Gasteiger partial charge in [-0.25, -0.2) is 0 Å². The van der Waals surface area contributed by atoms with Crippen molar-refractivity contribution >= 4 is 5.78 Å². The molecular weight excluding hydrogens is 400 g/mol. The van der Waals surface area contributed by atoms with Crippen molar-refractivity contribution in [3.05, 3.63) is 12.2 Å². The van der Waals surface area contributed by atoms with E-state index in [1.165, 1.54) is 18.4 Å². The Labute approximate surface area is 194 Å². The van der Waals surface area contributed by atoms with Gasteiger partial charge in [-0.15, -0.1) is 0 Å². The van der Waals surface area contributed by atoms with Crippen LogP contribution in [0.15, 0.2) is 12.2 Å². The lowest BCUT2D eigenvalue weighted by Crippen LogP contribution is -2.71. The Morgan fingerprint density at radius 1 is 1.12 bits per heavy atom. The summed E-state index contributed by atoms with van der Waals surface area (Å²) < 4.78 is 0. The molecule has 4 saturated carbocycles. The maximum absolute atomic E-state index is 13.4. The molecule has 0 spiro atoms. The molecule has 4 fully saturated rings. The van der Waals surface area contributed by atoms with E-state index in [1.54, 1.807) is 0 Å². The third-order valence-corrected chi connectivity index (χ3v) is 11.2. The van der Waals surface area contributed by atoms with E-state index in [0.717, 1.165) is 25.7 Å². The van der Waals surface area contributed by atoms with Gasteiger partial charge in [0, 0.05) is 24.7 Å². The molecule has 0 aromatic rings. The molecule has 4 heteroatoms. The number of ketones is 1. The first-order valence-corrected chi connectivity index (χ1v) is 13.2. The Morgan fingerprint density at radius 3 is 2.47 bits per heavy atom. The van der Waals surface area contributed by atoms with Crippen molar-refractivity contribution < 1.29 is 20.1 Å². The molecule has 7 unspecified atom stereocenters. The molecular formula is C28H46O4. The van der Waals surface area contributed by atoms with Crippen LogP contribution in [0.25, 0.3) is 0 Å². The number of hydrogen-bond donors (Lipinski definition) is 3. The molecule has 4 rings (SSSR count). The zero-order valence-corrected chi connectivity index (χ0v) is 20.9. The molecule has 4 aliphatic rings. The van der Waals surface area contributed by atoms with Crippen LogP contribution in [0.5, 0.6) is 0 Å². The van der Waals surface area contributed by atoms with Crippen LogP contribution >= 0.6 is 0 Å². The number of allylic oxidation sites excluding steroid dienone is 1. The van der Waals surface area contributed by atoms with Crippen molar-refractivity contribution in [2.75, 3.05) is 0 Å². The van der Waals surface area contributed by atoms with Crippen LogP contribution in [0.1, 0.15) is 92.4 Å². The number of aliphatic hydroxyl groups is 3. The summed E-state index contributed by atoms with van der Waals surface area (Å²) >= 11 is 0. The second kappa shape index (κ2) is 8.20. The van der Waals surface area contributed by atoms with Gasteiger partial charge < -0.3 is 15.3 Å². The lowest BCUT2D eigenvalue weighted by molar-refractivity contribution is -0.245. The number of Topliss-reactive ketones (excluding diaryl/α,β-unsaturated/α-hetero) is 1. The molecule has 3 N–H and O–H groups in total. The predicted molar refractivity (Wildman–Crippen MR) is 127 cm³/mol. The van der Waals surface area contributed by atoms with Crippen molar-refractivity contribution in [2.24, 2.45) is 46.3 Å². The summed E-state index contributed by atoms with van der Waals surface area (Å²) in [6.07, 6.45) is 5.81. The van der Waals surface area contributed by atoms with Crippen LogP contribution in [0, 0.1) is 46.3 Å². The van der Waals surface area contributed by atoms with Gasteiger partial charge in [0.05, 0.1) is 12.2 Å². The fourth-order valence-electron chi connectivity index (χ4n) is 8.97. The van der Waals surface area contributed by atoms with E-state index in [-0.39, 0.29) is 35.9 Å². The van der Waals surface area contributed by atoms with Crippen molar-refractivity contribution in [2.45, 2.75) is 110 Å². The molecule has 0 saturated heterocycles. The van der Waals surface area contributed by atoms with Crippen LogP contribution in [-0.2, 0) is 4.79 Å². The first kappa shape index (κ1) is 24.4. The molecule has 0 aromatic carbocycles. The maximum Gasteiger partial charge on any atom is 0.165 e. The Hall–Kier alpha value is -0.710. The Morgan fingerprint density at radius 2 is 1.81 bits per heavy atom. The van der Waals surface area contributed by atoms with Gasteiger partial charge in [0.25, 0.3) is 0 Å². The highest BCUT2D eigenvalue weighted by Gasteiger charge is 2.70. The van der Waals surface area contributed by atoms with Gasteiger partial charge in [0.2, 0.25) is 0 Å². The first-order valence-electron chi connectivity index (χ1n) is 13.2. The molecule has 0 aliphatic heterocycles. The average Bonchev–Trinajstić information content (AvgIpc) is 3.06. The third kappa shape index (κ3) is 3.38. The van der Waals surface area contributed by atoms with Crippen LogP contribution in [0.3, 0.4) is 0 Å². The van der Waals surface area contributed by atoms with E-state index in [1.807, 2.05) is 6.92 Å². The summed E-state index contributed by atoms with van der Waals surface area (Å²) in [5.41, 5.74) is -0.877. The molecule has 0 heterocycles. The van der Waals surface area contributed by atoms with E-state index in [4.69, 9.17) is 0 Å². The van der Waals surface area contributed by atoms with E-state index < -0.39 is 23.2 Å². The minimum atomic E-state index is -1.60. The lowest BCUT2D eigenvalue weighted by Gasteiger charge is -2.64. The fourth-order valence-corrected chi connectivity index (χ4v) is 8.97. The smallest absolute Gasteiger partial charge is 0.165 e. The highest BCUT2D eigenvalue weighted by molar-refractivity contribution is 5.90. The summed E-state index contributed by atoms with van der Waals surface area (Å²) in [4.78, 5) is 13.4. The second-order valence-corrected chi connectivity index (χ2v) is 12.8. The van der Waals surface area contributed by atoms with Gasteiger partial charge in [-0.05, 0) is 79.4 Å². The Bertz CT molecular complexity index is 761.